The van der Waals surface area contributed by atoms with Crippen molar-refractivity contribution in [2.45, 2.75) is 18.7 Å². The van der Waals surface area contributed by atoms with Crippen molar-refractivity contribution in [1.82, 2.24) is 4.90 Å². The number of benzene rings is 2. The van der Waals surface area contributed by atoms with E-state index in [0.717, 1.165) is 21.6 Å². The summed E-state index contributed by atoms with van der Waals surface area (Å²) >= 11 is 5.23. The van der Waals surface area contributed by atoms with Gasteiger partial charge in [0.1, 0.15) is 0 Å². The first kappa shape index (κ1) is 16.3. The van der Waals surface area contributed by atoms with Crippen molar-refractivity contribution in [2.75, 3.05) is 13.1 Å². The largest absolute Gasteiger partial charge is 0.357 e. The molecule has 0 bridgehead atoms. The van der Waals surface area contributed by atoms with Crippen molar-refractivity contribution in [2.24, 2.45) is 0 Å². The number of nitrogens with zero attached hydrogens (tertiary/aromatic N) is 1. The fraction of sp³-hybridized carbons (Fsp3) is 0.267. The van der Waals surface area contributed by atoms with Crippen molar-refractivity contribution < 1.29 is 8.42 Å². The van der Waals surface area contributed by atoms with Gasteiger partial charge in [0.2, 0.25) is 8.87 Å². The summed E-state index contributed by atoms with van der Waals surface area (Å²) in [6.45, 7) is 5.32. The summed E-state index contributed by atoms with van der Waals surface area (Å²) in [5.74, 6) is 0. The van der Waals surface area contributed by atoms with E-state index in [-0.39, 0.29) is 0 Å². The summed E-state index contributed by atoms with van der Waals surface area (Å²) in [4.78, 5) is 2.15. The van der Waals surface area contributed by atoms with Crippen LogP contribution in [0.3, 0.4) is 0 Å². The van der Waals surface area contributed by atoms with E-state index >= 15 is 0 Å². The van der Waals surface area contributed by atoms with Crippen LogP contribution >= 0.6 is 23.0 Å². The van der Waals surface area contributed by atoms with Crippen LogP contribution in [-0.4, -0.2) is 30.7 Å². The molecule has 2 aromatic rings. The van der Waals surface area contributed by atoms with Crippen LogP contribution in [0.1, 0.15) is 13.8 Å². The zero-order valence-corrected chi connectivity index (χ0v) is 14.4. The normalized spacial score (nSPS) is 11.5. The molecule has 0 unspecified atom stereocenters. The van der Waals surface area contributed by atoms with Crippen LogP contribution in [0.15, 0.2) is 47.4 Å². The molecule has 2 aromatic carbocycles. The van der Waals surface area contributed by atoms with Gasteiger partial charge in [-0.25, -0.2) is 8.42 Å². The Labute approximate surface area is 134 Å². The Kier molecular flexibility index (Phi) is 5.24. The quantitative estimate of drug-likeness (QED) is 0.624. The molecule has 0 atom stereocenters. The summed E-state index contributed by atoms with van der Waals surface area (Å²) in [5, 5.41) is 1.93. The monoisotopic (exact) mass is 339 g/mol. The third kappa shape index (κ3) is 3.75. The Morgan fingerprint density at radius 1 is 1.10 bits per heavy atom. The highest BCUT2D eigenvalue weighted by atomic mass is 33.1. The lowest BCUT2D eigenvalue weighted by Gasteiger charge is -2.20. The van der Waals surface area contributed by atoms with E-state index < -0.39 is 8.87 Å². The Morgan fingerprint density at radius 3 is 2.33 bits per heavy atom. The lowest BCUT2D eigenvalue weighted by molar-refractivity contribution is 0.482. The zero-order valence-electron chi connectivity index (χ0n) is 11.9. The van der Waals surface area contributed by atoms with Gasteiger partial charge in [0.05, 0.1) is 4.90 Å². The number of rotatable bonds is 4. The van der Waals surface area contributed by atoms with E-state index in [1.807, 2.05) is 49.1 Å². The van der Waals surface area contributed by atoms with Gasteiger partial charge in [-0.1, -0.05) is 42.5 Å². The summed E-state index contributed by atoms with van der Waals surface area (Å²) in [6.07, 6.45) is 0. The molecule has 0 aliphatic rings. The van der Waals surface area contributed by atoms with Gasteiger partial charge in [-0.05, 0) is 36.8 Å². The smallest absolute Gasteiger partial charge is 0.236 e. The molecule has 0 radical (unpaired) electrons. The highest BCUT2D eigenvalue weighted by molar-refractivity contribution is 8.79. The maximum Gasteiger partial charge on any atom is 0.236 e. The maximum absolute atomic E-state index is 12.5. The van der Waals surface area contributed by atoms with Gasteiger partial charge in [-0.2, -0.15) is 0 Å². The summed E-state index contributed by atoms with van der Waals surface area (Å²) in [7, 11) is -2.73. The average Bonchev–Trinajstić information content (AvgIpc) is 2.47. The minimum Gasteiger partial charge on any atom is -0.357 e. The first-order valence-corrected chi connectivity index (χ1v) is 9.92. The van der Waals surface area contributed by atoms with E-state index in [4.69, 9.17) is 12.2 Å². The molecule has 0 saturated carbocycles. The molecule has 0 aliphatic carbocycles. The standard InChI is InChI=1S/C15H17NO2S3/c1-3-16(4-2)15(19)20-21(17,18)14-10-9-12-7-5-6-8-13(12)11-14/h5-11H,3-4H2,1-2H3. The first-order chi connectivity index (χ1) is 9.97. The van der Waals surface area contributed by atoms with Crippen molar-refractivity contribution in [1.29, 1.82) is 0 Å². The van der Waals surface area contributed by atoms with Gasteiger partial charge in [0, 0.05) is 23.9 Å². The summed E-state index contributed by atoms with van der Waals surface area (Å²) in [5.41, 5.74) is 0. The van der Waals surface area contributed by atoms with Crippen molar-refractivity contribution in [3.8, 4) is 0 Å². The first-order valence-electron chi connectivity index (χ1n) is 6.70. The van der Waals surface area contributed by atoms with Gasteiger partial charge in [-0.15, -0.1) is 0 Å². The van der Waals surface area contributed by atoms with Crippen LogP contribution in [0.5, 0.6) is 0 Å². The number of thiocarbonyl (C=S) groups is 1. The van der Waals surface area contributed by atoms with E-state index in [1.54, 1.807) is 12.1 Å². The molecule has 6 heteroatoms. The second-order valence-electron chi connectivity index (χ2n) is 4.48. The molecule has 21 heavy (non-hydrogen) atoms. The SMILES string of the molecule is CCN(CC)C(=S)SS(=O)(=O)c1ccc2ccccc2c1. The predicted octanol–water partition coefficient (Wildman–Crippen LogP) is 3.89. The van der Waals surface area contributed by atoms with Gasteiger partial charge in [-0.3, -0.25) is 0 Å². The molecular formula is C15H17NO2S3. The second-order valence-corrected chi connectivity index (χ2v) is 8.88. The Hall–Kier alpha value is -1.11. The lowest BCUT2D eigenvalue weighted by atomic mass is 10.1. The Morgan fingerprint density at radius 2 is 1.71 bits per heavy atom. The molecule has 0 aliphatic heterocycles. The molecule has 0 N–H and O–H groups in total. The number of hydrogen-bond acceptors (Lipinski definition) is 4. The minimum absolute atomic E-state index is 0.292. The maximum atomic E-state index is 12.5. The van der Waals surface area contributed by atoms with Crippen molar-refractivity contribution in [3.63, 3.8) is 0 Å². The van der Waals surface area contributed by atoms with Crippen LogP contribution in [0, 0.1) is 0 Å². The fourth-order valence-electron chi connectivity index (χ4n) is 2.00. The zero-order chi connectivity index (χ0) is 15.5. The van der Waals surface area contributed by atoms with E-state index in [0.29, 0.717) is 22.3 Å². The molecule has 3 nitrogen and oxygen atoms in total. The van der Waals surface area contributed by atoms with E-state index in [2.05, 4.69) is 0 Å². The van der Waals surface area contributed by atoms with Crippen LogP contribution in [0.4, 0.5) is 0 Å². The predicted molar refractivity (Wildman–Crippen MR) is 94.2 cm³/mol. The van der Waals surface area contributed by atoms with Gasteiger partial charge in [0.25, 0.3) is 0 Å². The Bertz CT molecular complexity index is 752. The van der Waals surface area contributed by atoms with Crippen molar-refractivity contribution in [3.05, 3.63) is 42.5 Å². The van der Waals surface area contributed by atoms with Crippen LogP contribution in [0.25, 0.3) is 10.8 Å². The highest BCUT2D eigenvalue weighted by Gasteiger charge is 2.21. The molecule has 0 saturated heterocycles. The van der Waals surface area contributed by atoms with Crippen molar-refractivity contribution >= 4 is 47.0 Å². The van der Waals surface area contributed by atoms with Crippen LogP contribution in [-0.2, 0) is 8.87 Å². The molecule has 0 spiro atoms. The van der Waals surface area contributed by atoms with E-state index in [1.165, 1.54) is 0 Å². The second kappa shape index (κ2) is 6.77. The molecule has 0 aromatic heterocycles. The third-order valence-electron chi connectivity index (χ3n) is 3.21. The molecular weight excluding hydrogens is 322 g/mol. The van der Waals surface area contributed by atoms with Crippen LogP contribution in [0.2, 0.25) is 0 Å². The molecule has 0 amide bonds. The molecule has 2 rings (SSSR count). The average molecular weight is 340 g/mol. The highest BCUT2D eigenvalue weighted by Crippen LogP contribution is 2.28. The molecule has 112 valence electrons. The summed E-state index contributed by atoms with van der Waals surface area (Å²) < 4.78 is 25.3. The Balaban J connectivity index is 2.31. The topological polar surface area (TPSA) is 37.4 Å². The summed E-state index contributed by atoms with van der Waals surface area (Å²) in [6, 6.07) is 12.8. The van der Waals surface area contributed by atoms with Gasteiger partial charge < -0.3 is 4.90 Å². The minimum atomic E-state index is -3.48. The van der Waals surface area contributed by atoms with Gasteiger partial charge >= 0.3 is 0 Å². The van der Waals surface area contributed by atoms with E-state index in [9.17, 15) is 8.42 Å². The fourth-order valence-corrected chi connectivity index (χ4v) is 5.70. The lowest BCUT2D eigenvalue weighted by Crippen LogP contribution is -2.27. The third-order valence-corrected chi connectivity index (χ3v) is 7.20. The number of hydrogen-bond donors (Lipinski definition) is 0. The van der Waals surface area contributed by atoms with Gasteiger partial charge in [0.15, 0.2) is 4.32 Å². The van der Waals surface area contributed by atoms with Crippen LogP contribution < -0.4 is 0 Å². The molecule has 0 heterocycles. The molecule has 0 fully saturated rings. The number of fused-ring (bicyclic) bond motifs is 1.